The van der Waals surface area contributed by atoms with Crippen molar-refractivity contribution in [1.82, 2.24) is 19.5 Å². The zero-order valence-electron chi connectivity index (χ0n) is 9.24. The number of aliphatic carboxylic acids is 1. The van der Waals surface area contributed by atoms with Crippen molar-refractivity contribution in [3.8, 4) is 0 Å². The number of hydrogen-bond donors (Lipinski definition) is 2. The first kappa shape index (κ1) is 10.5. The Kier molecular flexibility index (Phi) is 2.12. The Morgan fingerprint density at radius 2 is 2.22 bits per heavy atom. The first-order valence-corrected chi connectivity index (χ1v) is 5.23. The number of carboxylic acids is 1. The number of fused-ring (bicyclic) bond motifs is 3. The minimum absolute atomic E-state index is 0.192. The van der Waals surface area contributed by atoms with Gasteiger partial charge in [0.05, 0.1) is 10.9 Å². The maximum Gasteiger partial charge on any atom is 0.323 e. The number of pyridine rings is 1. The zero-order valence-corrected chi connectivity index (χ0v) is 9.24. The highest BCUT2D eigenvalue weighted by atomic mass is 16.4. The number of carbonyl (C=O) groups is 1. The highest BCUT2D eigenvalue weighted by Crippen LogP contribution is 2.28. The molecule has 0 atom stereocenters. The predicted octanol–water partition coefficient (Wildman–Crippen LogP) is 0.646. The van der Waals surface area contributed by atoms with Crippen molar-refractivity contribution >= 4 is 33.9 Å². The van der Waals surface area contributed by atoms with Crippen LogP contribution in [0.15, 0.2) is 24.7 Å². The van der Waals surface area contributed by atoms with Gasteiger partial charge in [0, 0.05) is 6.20 Å². The number of nitrogens with two attached hydrogens (primary N) is 1. The topological polar surface area (TPSA) is 107 Å². The van der Waals surface area contributed by atoms with Crippen LogP contribution < -0.4 is 5.73 Å². The highest BCUT2D eigenvalue weighted by Gasteiger charge is 2.16. The number of anilines is 1. The van der Waals surface area contributed by atoms with Gasteiger partial charge < -0.3 is 15.4 Å². The van der Waals surface area contributed by atoms with Gasteiger partial charge in [-0.1, -0.05) is 0 Å². The van der Waals surface area contributed by atoms with Crippen LogP contribution in [0.5, 0.6) is 0 Å². The first-order chi connectivity index (χ1) is 8.68. The highest BCUT2D eigenvalue weighted by molar-refractivity contribution is 6.09. The van der Waals surface area contributed by atoms with Crippen molar-refractivity contribution in [2.45, 2.75) is 6.54 Å². The van der Waals surface area contributed by atoms with Gasteiger partial charge in [0.25, 0.3) is 0 Å². The summed E-state index contributed by atoms with van der Waals surface area (Å²) < 4.78 is 1.57. The molecule has 3 N–H and O–H groups in total. The van der Waals surface area contributed by atoms with Gasteiger partial charge >= 0.3 is 5.97 Å². The van der Waals surface area contributed by atoms with Crippen LogP contribution in [0, 0.1) is 0 Å². The molecule has 0 aromatic carbocycles. The molecule has 3 aromatic rings. The van der Waals surface area contributed by atoms with Crippen LogP contribution in [0.1, 0.15) is 0 Å². The van der Waals surface area contributed by atoms with Crippen LogP contribution in [0.4, 0.5) is 5.82 Å². The maximum absolute atomic E-state index is 10.9. The Labute approximate surface area is 101 Å². The Morgan fingerprint density at radius 1 is 1.39 bits per heavy atom. The molecule has 0 radical (unpaired) electrons. The molecular formula is C11H9N5O2. The largest absolute Gasteiger partial charge is 0.480 e. The van der Waals surface area contributed by atoms with Gasteiger partial charge in [0.15, 0.2) is 0 Å². The lowest BCUT2D eigenvalue weighted by Gasteiger charge is -2.01. The van der Waals surface area contributed by atoms with Crippen LogP contribution in [-0.4, -0.2) is 30.6 Å². The van der Waals surface area contributed by atoms with Crippen LogP contribution in [0.25, 0.3) is 22.1 Å². The summed E-state index contributed by atoms with van der Waals surface area (Å²) in [6, 6.07) is 3.52. The number of nitrogen functional groups attached to an aromatic ring is 1. The van der Waals surface area contributed by atoms with Gasteiger partial charge in [-0.05, 0) is 12.1 Å². The van der Waals surface area contributed by atoms with Gasteiger partial charge in [-0.25, -0.2) is 9.97 Å². The molecule has 0 spiro atoms. The van der Waals surface area contributed by atoms with Crippen molar-refractivity contribution < 1.29 is 9.90 Å². The van der Waals surface area contributed by atoms with Crippen LogP contribution in [0.2, 0.25) is 0 Å². The summed E-state index contributed by atoms with van der Waals surface area (Å²) in [6.07, 6.45) is 2.94. The molecule has 7 heteroatoms. The Morgan fingerprint density at radius 3 is 3.00 bits per heavy atom. The molecule has 0 unspecified atom stereocenters. The van der Waals surface area contributed by atoms with Gasteiger partial charge in [-0.2, -0.15) is 0 Å². The zero-order chi connectivity index (χ0) is 12.7. The van der Waals surface area contributed by atoms with E-state index in [9.17, 15) is 4.79 Å². The van der Waals surface area contributed by atoms with Crippen LogP contribution in [-0.2, 0) is 11.3 Å². The number of nitrogens with zero attached hydrogens (tertiary/aromatic N) is 4. The summed E-state index contributed by atoms with van der Waals surface area (Å²) in [5, 5.41) is 9.55. The summed E-state index contributed by atoms with van der Waals surface area (Å²) in [5.74, 6) is -0.650. The fourth-order valence-corrected chi connectivity index (χ4v) is 2.04. The molecule has 18 heavy (non-hydrogen) atoms. The average Bonchev–Trinajstić information content (AvgIpc) is 2.65. The molecule has 0 aliphatic rings. The van der Waals surface area contributed by atoms with Crippen molar-refractivity contribution in [2.75, 3.05) is 5.73 Å². The minimum atomic E-state index is -0.949. The van der Waals surface area contributed by atoms with E-state index in [0.717, 1.165) is 0 Å². The second kappa shape index (κ2) is 3.66. The van der Waals surface area contributed by atoms with Crippen molar-refractivity contribution in [3.63, 3.8) is 0 Å². The molecule has 3 rings (SSSR count). The van der Waals surface area contributed by atoms with E-state index in [4.69, 9.17) is 10.8 Å². The Balaban J connectivity index is 2.50. The van der Waals surface area contributed by atoms with Crippen molar-refractivity contribution in [1.29, 1.82) is 0 Å². The molecule has 0 aliphatic carbocycles. The summed E-state index contributed by atoms with van der Waals surface area (Å²) in [4.78, 5) is 23.2. The summed E-state index contributed by atoms with van der Waals surface area (Å²) >= 11 is 0. The monoisotopic (exact) mass is 243 g/mol. The van der Waals surface area contributed by atoms with Crippen LogP contribution in [0.3, 0.4) is 0 Å². The number of rotatable bonds is 2. The molecule has 0 bridgehead atoms. The maximum atomic E-state index is 10.9. The quantitative estimate of drug-likeness (QED) is 0.684. The van der Waals surface area contributed by atoms with E-state index in [1.54, 1.807) is 22.9 Å². The molecule has 7 nitrogen and oxygen atoms in total. The fraction of sp³-hybridized carbons (Fsp3) is 0.0909. The summed E-state index contributed by atoms with van der Waals surface area (Å²) in [5.41, 5.74) is 7.60. The molecule has 3 heterocycles. The van der Waals surface area contributed by atoms with Gasteiger partial charge in [-0.3, -0.25) is 9.78 Å². The lowest BCUT2D eigenvalue weighted by atomic mass is 10.3. The second-order valence-corrected chi connectivity index (χ2v) is 3.81. The smallest absolute Gasteiger partial charge is 0.323 e. The van der Waals surface area contributed by atoms with Gasteiger partial charge in [0.2, 0.25) is 0 Å². The fourth-order valence-electron chi connectivity index (χ4n) is 2.04. The summed E-state index contributed by atoms with van der Waals surface area (Å²) in [7, 11) is 0. The molecule has 3 aromatic heterocycles. The molecule has 0 fully saturated rings. The Bertz CT molecular complexity index is 765. The van der Waals surface area contributed by atoms with E-state index in [0.29, 0.717) is 27.9 Å². The average molecular weight is 243 g/mol. The minimum Gasteiger partial charge on any atom is -0.480 e. The molecular weight excluding hydrogens is 234 g/mol. The van der Waals surface area contributed by atoms with Gasteiger partial charge in [0.1, 0.15) is 29.9 Å². The van der Waals surface area contributed by atoms with E-state index < -0.39 is 5.97 Å². The van der Waals surface area contributed by atoms with Gasteiger partial charge in [-0.15, -0.1) is 0 Å². The molecule has 90 valence electrons. The van der Waals surface area contributed by atoms with E-state index in [2.05, 4.69) is 15.0 Å². The lowest BCUT2D eigenvalue weighted by Crippen LogP contribution is -2.09. The molecule has 0 saturated carbocycles. The standard InChI is InChI=1S/C11H9N5O2/c12-10-8-9-6(2-1-3-13-9)16(4-7(17)18)11(8)15-5-14-10/h1-3,5H,4H2,(H,17,18)(H2,12,14,15). The van der Waals surface area contributed by atoms with E-state index in [-0.39, 0.29) is 6.54 Å². The predicted molar refractivity (Wildman–Crippen MR) is 64.9 cm³/mol. The normalized spacial score (nSPS) is 11.1. The van der Waals surface area contributed by atoms with Crippen LogP contribution >= 0.6 is 0 Å². The lowest BCUT2D eigenvalue weighted by molar-refractivity contribution is -0.137. The second-order valence-electron chi connectivity index (χ2n) is 3.81. The van der Waals surface area contributed by atoms with E-state index >= 15 is 0 Å². The Hall–Kier alpha value is -2.70. The first-order valence-electron chi connectivity index (χ1n) is 5.23. The molecule has 0 saturated heterocycles. The third-order valence-electron chi connectivity index (χ3n) is 2.72. The van der Waals surface area contributed by atoms with E-state index in [1.165, 1.54) is 6.33 Å². The number of carboxylic acid groups (broad SMARTS) is 1. The number of hydrogen-bond acceptors (Lipinski definition) is 5. The van der Waals surface area contributed by atoms with E-state index in [1.807, 2.05) is 0 Å². The number of aromatic nitrogens is 4. The summed E-state index contributed by atoms with van der Waals surface area (Å²) in [6.45, 7) is -0.192. The van der Waals surface area contributed by atoms with Crippen molar-refractivity contribution in [2.24, 2.45) is 0 Å². The SMILES string of the molecule is Nc1ncnc2c1c1ncccc1n2CC(=O)O. The third kappa shape index (κ3) is 1.37. The molecule has 0 amide bonds. The van der Waals surface area contributed by atoms with Crippen molar-refractivity contribution in [3.05, 3.63) is 24.7 Å². The third-order valence-corrected chi connectivity index (χ3v) is 2.72. The molecule has 0 aliphatic heterocycles.